The van der Waals surface area contributed by atoms with E-state index in [1.165, 1.54) is 5.69 Å². The average Bonchev–Trinajstić information content (AvgIpc) is 2.98. The zero-order valence-corrected chi connectivity index (χ0v) is 20.8. The van der Waals surface area contributed by atoms with Gasteiger partial charge in [0.2, 0.25) is 5.95 Å². The molecule has 1 aromatic heterocycles. The Morgan fingerprint density at radius 3 is 1.50 bits per heavy atom. The summed E-state index contributed by atoms with van der Waals surface area (Å²) in [6.07, 6.45) is 0. The van der Waals surface area contributed by atoms with E-state index in [1.807, 2.05) is 0 Å². The molecule has 0 aliphatic carbocycles. The van der Waals surface area contributed by atoms with Crippen molar-refractivity contribution >= 4 is 23.3 Å². The van der Waals surface area contributed by atoms with E-state index in [2.05, 4.69) is 80.3 Å². The largest absolute Gasteiger partial charge is 0.378 e. The zero-order chi connectivity index (χ0) is 24.2. The van der Waals surface area contributed by atoms with Crippen LogP contribution in [-0.4, -0.2) is 88.8 Å². The van der Waals surface area contributed by atoms with Crippen LogP contribution in [0.5, 0.6) is 0 Å². The van der Waals surface area contributed by atoms with Crippen LogP contribution >= 0.6 is 0 Å². The fourth-order valence-corrected chi connectivity index (χ4v) is 5.24. The summed E-state index contributed by atoms with van der Waals surface area (Å²) in [5.74, 6) is 2.85. The Kier molecular flexibility index (Phi) is 6.87. The molecule has 0 spiro atoms. The Balaban J connectivity index is 1.38. The molecule has 3 fully saturated rings. The SMILES string of the molecule is c1ccc(-c2c(N3CCOCC3)nc(N3CCN(c4ccccc4)CC3)nc2N2CCOCC2)cc1. The van der Waals surface area contributed by atoms with Crippen molar-refractivity contribution in [2.75, 3.05) is 98.4 Å². The number of morpholine rings is 2. The molecule has 8 heteroatoms. The van der Waals surface area contributed by atoms with Gasteiger partial charge in [-0.15, -0.1) is 0 Å². The predicted octanol–water partition coefficient (Wildman–Crippen LogP) is 3.14. The van der Waals surface area contributed by atoms with Gasteiger partial charge in [-0.1, -0.05) is 48.5 Å². The molecule has 0 atom stereocenters. The van der Waals surface area contributed by atoms with Crippen LogP contribution in [0.3, 0.4) is 0 Å². The number of hydrogen-bond acceptors (Lipinski definition) is 8. The Hall–Kier alpha value is -3.36. The van der Waals surface area contributed by atoms with Crippen LogP contribution in [0.15, 0.2) is 60.7 Å². The lowest BCUT2D eigenvalue weighted by Crippen LogP contribution is -2.47. The number of benzene rings is 2. The summed E-state index contributed by atoms with van der Waals surface area (Å²) in [5, 5.41) is 0. The summed E-state index contributed by atoms with van der Waals surface area (Å²) < 4.78 is 11.4. The Morgan fingerprint density at radius 2 is 0.972 bits per heavy atom. The minimum Gasteiger partial charge on any atom is -0.378 e. The summed E-state index contributed by atoms with van der Waals surface area (Å²) in [6, 6.07) is 21.3. The van der Waals surface area contributed by atoms with Crippen LogP contribution < -0.4 is 19.6 Å². The highest BCUT2D eigenvalue weighted by molar-refractivity contribution is 5.87. The summed E-state index contributed by atoms with van der Waals surface area (Å²) in [5.41, 5.74) is 3.55. The second-order valence-corrected chi connectivity index (χ2v) is 9.42. The van der Waals surface area contributed by atoms with Gasteiger partial charge in [-0.3, -0.25) is 0 Å². The molecule has 3 saturated heterocycles. The first kappa shape index (κ1) is 23.1. The summed E-state index contributed by atoms with van der Waals surface area (Å²) in [6.45, 7) is 9.90. The van der Waals surface area contributed by atoms with Gasteiger partial charge in [0.25, 0.3) is 0 Å². The topological polar surface area (TPSA) is 57.2 Å². The predicted molar refractivity (Wildman–Crippen MR) is 144 cm³/mol. The Bertz CT molecular complexity index is 1090. The smallest absolute Gasteiger partial charge is 0.229 e. The second-order valence-electron chi connectivity index (χ2n) is 9.42. The van der Waals surface area contributed by atoms with Crippen molar-refractivity contribution in [2.24, 2.45) is 0 Å². The monoisotopic (exact) mass is 486 g/mol. The van der Waals surface area contributed by atoms with Gasteiger partial charge in [-0.2, -0.15) is 9.97 Å². The van der Waals surface area contributed by atoms with Gasteiger partial charge < -0.3 is 29.1 Å². The first-order chi connectivity index (χ1) is 17.9. The minimum absolute atomic E-state index is 0.718. The summed E-state index contributed by atoms with van der Waals surface area (Å²) >= 11 is 0. The number of piperazine rings is 1. The molecular weight excluding hydrogens is 452 g/mol. The van der Waals surface area contributed by atoms with Gasteiger partial charge in [-0.05, 0) is 17.7 Å². The van der Waals surface area contributed by atoms with Gasteiger partial charge >= 0.3 is 0 Å². The Labute approximate surface area is 213 Å². The van der Waals surface area contributed by atoms with E-state index in [4.69, 9.17) is 19.4 Å². The molecule has 3 aromatic rings. The van der Waals surface area contributed by atoms with E-state index in [1.54, 1.807) is 0 Å². The molecule has 0 saturated carbocycles. The molecule has 188 valence electrons. The van der Waals surface area contributed by atoms with Crippen LogP contribution in [-0.2, 0) is 9.47 Å². The molecule has 0 bridgehead atoms. The van der Waals surface area contributed by atoms with Gasteiger partial charge in [0.05, 0.1) is 32.0 Å². The van der Waals surface area contributed by atoms with Gasteiger partial charge in [0.1, 0.15) is 11.6 Å². The third-order valence-corrected chi connectivity index (χ3v) is 7.23. The molecule has 0 unspecified atom stereocenters. The van der Waals surface area contributed by atoms with Crippen LogP contribution in [0.25, 0.3) is 11.1 Å². The molecule has 2 aromatic carbocycles. The van der Waals surface area contributed by atoms with Crippen molar-refractivity contribution in [3.63, 3.8) is 0 Å². The van der Waals surface area contributed by atoms with E-state index >= 15 is 0 Å². The minimum atomic E-state index is 0.718. The quantitative estimate of drug-likeness (QED) is 0.545. The third kappa shape index (κ3) is 4.83. The van der Waals surface area contributed by atoms with E-state index in [0.717, 1.165) is 107 Å². The van der Waals surface area contributed by atoms with Crippen LogP contribution in [0, 0.1) is 0 Å². The molecule has 0 N–H and O–H groups in total. The van der Waals surface area contributed by atoms with Crippen molar-refractivity contribution in [1.29, 1.82) is 0 Å². The van der Waals surface area contributed by atoms with Crippen LogP contribution in [0.1, 0.15) is 0 Å². The number of ether oxygens (including phenoxy) is 2. The highest BCUT2D eigenvalue weighted by atomic mass is 16.5. The fourth-order valence-electron chi connectivity index (χ4n) is 5.24. The summed E-state index contributed by atoms with van der Waals surface area (Å²) in [4.78, 5) is 20.1. The molecule has 0 radical (unpaired) electrons. The first-order valence-electron chi connectivity index (χ1n) is 13.0. The van der Waals surface area contributed by atoms with E-state index < -0.39 is 0 Å². The average molecular weight is 487 g/mol. The number of para-hydroxylation sites is 1. The normalized spacial score (nSPS) is 19.0. The van der Waals surface area contributed by atoms with Crippen molar-refractivity contribution < 1.29 is 9.47 Å². The molecular formula is C28H34N6O2. The number of hydrogen-bond donors (Lipinski definition) is 0. The fraction of sp³-hybridized carbons (Fsp3) is 0.429. The Morgan fingerprint density at radius 1 is 0.500 bits per heavy atom. The lowest BCUT2D eigenvalue weighted by atomic mass is 10.1. The van der Waals surface area contributed by atoms with Gasteiger partial charge in [0, 0.05) is 58.0 Å². The lowest BCUT2D eigenvalue weighted by molar-refractivity contribution is 0.122. The number of rotatable bonds is 5. The molecule has 6 rings (SSSR count). The molecule has 3 aliphatic rings. The third-order valence-electron chi connectivity index (χ3n) is 7.23. The highest BCUT2D eigenvalue weighted by Gasteiger charge is 2.29. The van der Waals surface area contributed by atoms with Crippen LogP contribution in [0.2, 0.25) is 0 Å². The van der Waals surface area contributed by atoms with Crippen molar-refractivity contribution in [1.82, 2.24) is 9.97 Å². The van der Waals surface area contributed by atoms with E-state index in [-0.39, 0.29) is 0 Å². The van der Waals surface area contributed by atoms with Crippen molar-refractivity contribution in [3.05, 3.63) is 60.7 Å². The maximum absolute atomic E-state index is 5.69. The molecule has 0 amide bonds. The second kappa shape index (κ2) is 10.7. The molecule has 36 heavy (non-hydrogen) atoms. The van der Waals surface area contributed by atoms with Gasteiger partial charge in [0.15, 0.2) is 0 Å². The number of aromatic nitrogens is 2. The van der Waals surface area contributed by atoms with E-state index in [9.17, 15) is 0 Å². The zero-order valence-electron chi connectivity index (χ0n) is 20.8. The number of nitrogens with zero attached hydrogens (tertiary/aromatic N) is 6. The molecule has 4 heterocycles. The van der Waals surface area contributed by atoms with Crippen molar-refractivity contribution in [2.45, 2.75) is 0 Å². The summed E-state index contributed by atoms with van der Waals surface area (Å²) in [7, 11) is 0. The molecule has 3 aliphatic heterocycles. The first-order valence-corrected chi connectivity index (χ1v) is 13.0. The standard InChI is InChI=1S/C28H34N6O2/c1-3-7-23(8-4-1)25-26(32-15-19-35-20-16-32)29-28(30-27(25)33-17-21-36-22-18-33)34-13-11-31(12-14-34)24-9-5-2-6-10-24/h1-10H,11-22H2. The van der Waals surface area contributed by atoms with Gasteiger partial charge in [-0.25, -0.2) is 0 Å². The number of anilines is 4. The van der Waals surface area contributed by atoms with E-state index in [0.29, 0.717) is 0 Å². The highest BCUT2D eigenvalue weighted by Crippen LogP contribution is 2.39. The lowest BCUT2D eigenvalue weighted by Gasteiger charge is -2.38. The molecule has 8 nitrogen and oxygen atoms in total. The van der Waals surface area contributed by atoms with Crippen LogP contribution in [0.4, 0.5) is 23.3 Å². The maximum Gasteiger partial charge on any atom is 0.229 e. The van der Waals surface area contributed by atoms with Crippen molar-refractivity contribution in [3.8, 4) is 11.1 Å². The maximum atomic E-state index is 5.69.